The molecule has 3 N–H and O–H groups in total. The van der Waals surface area contributed by atoms with Gasteiger partial charge >= 0.3 is 5.97 Å². The van der Waals surface area contributed by atoms with Crippen LogP contribution in [-0.4, -0.2) is 44.2 Å². The fourth-order valence-electron chi connectivity index (χ4n) is 3.81. The third-order valence-electron chi connectivity index (χ3n) is 3.98. The topological polar surface area (TPSA) is 87.0 Å². The number of aliphatic hydroxyl groups excluding tert-OH is 1. The molecule has 0 radical (unpaired) electrons. The predicted molar refractivity (Wildman–Crippen MR) is 68.3 cm³/mol. The summed E-state index contributed by atoms with van der Waals surface area (Å²) in [6, 6.07) is 0. The summed E-state index contributed by atoms with van der Waals surface area (Å²) in [4.78, 5) is 11.7. The Balaban J connectivity index is 2.21. The summed E-state index contributed by atoms with van der Waals surface area (Å²) in [5.41, 5.74) is -3.02. The lowest BCUT2D eigenvalue weighted by molar-refractivity contribution is -0.225. The highest BCUT2D eigenvalue weighted by Crippen LogP contribution is 2.50. The van der Waals surface area contributed by atoms with Crippen LogP contribution in [0.2, 0.25) is 0 Å². The zero-order valence-electron chi connectivity index (χ0n) is 11.5. The van der Waals surface area contributed by atoms with Crippen molar-refractivity contribution in [1.82, 2.24) is 0 Å². The number of aliphatic hydroxyl groups is 3. The summed E-state index contributed by atoms with van der Waals surface area (Å²) in [5, 5.41) is 30.7. The number of carbonyl (C=O) groups is 1. The molecule has 0 heterocycles. The fraction of sp³-hybridized carbons (Fsp3) is 0.786. The Morgan fingerprint density at radius 1 is 1.21 bits per heavy atom. The van der Waals surface area contributed by atoms with Gasteiger partial charge in [0.05, 0.1) is 17.3 Å². The van der Waals surface area contributed by atoms with Crippen LogP contribution in [0.25, 0.3) is 0 Å². The molecule has 108 valence electrons. The van der Waals surface area contributed by atoms with E-state index in [1.54, 1.807) is 13.8 Å². The van der Waals surface area contributed by atoms with Crippen LogP contribution < -0.4 is 0 Å². The zero-order valence-corrected chi connectivity index (χ0v) is 11.5. The third kappa shape index (κ3) is 2.99. The number of rotatable bonds is 2. The first-order valence-corrected chi connectivity index (χ1v) is 6.57. The summed E-state index contributed by atoms with van der Waals surface area (Å²) in [7, 11) is 0. The molecular formula is C14H22O5. The van der Waals surface area contributed by atoms with Crippen molar-refractivity contribution in [3.05, 3.63) is 12.2 Å². The van der Waals surface area contributed by atoms with Crippen LogP contribution >= 0.6 is 0 Å². The van der Waals surface area contributed by atoms with Gasteiger partial charge < -0.3 is 20.1 Å². The molecular weight excluding hydrogens is 248 g/mol. The Hall–Kier alpha value is -0.910. The van der Waals surface area contributed by atoms with Gasteiger partial charge in [-0.15, -0.1) is 0 Å². The molecule has 0 spiro atoms. The van der Waals surface area contributed by atoms with Gasteiger partial charge in [0.15, 0.2) is 0 Å². The molecule has 2 saturated carbocycles. The molecule has 2 unspecified atom stereocenters. The second-order valence-electron chi connectivity index (χ2n) is 6.66. The highest BCUT2D eigenvalue weighted by atomic mass is 16.6. The smallest absolute Gasteiger partial charge is 0.333 e. The van der Waals surface area contributed by atoms with Crippen LogP contribution in [0.5, 0.6) is 0 Å². The van der Waals surface area contributed by atoms with E-state index >= 15 is 0 Å². The summed E-state index contributed by atoms with van der Waals surface area (Å²) < 4.78 is 5.40. The number of esters is 1. The van der Waals surface area contributed by atoms with Gasteiger partial charge in [-0.25, -0.2) is 4.79 Å². The van der Waals surface area contributed by atoms with Crippen molar-refractivity contribution < 1.29 is 24.9 Å². The number of hydrogen-bond acceptors (Lipinski definition) is 5. The van der Waals surface area contributed by atoms with Gasteiger partial charge in [0.25, 0.3) is 0 Å². The molecule has 0 aromatic carbocycles. The minimum Gasteiger partial charge on any atom is -0.456 e. The third-order valence-corrected chi connectivity index (χ3v) is 3.98. The predicted octanol–water partition coefficient (Wildman–Crippen LogP) is 0.665. The standard InChI is InChI=1S/C14H22O5/c1-9(2)11(16)19-12(3)6-13(17)4-10(15)5-14(18,7-12)8-13/h10,15,17-18H,1,4-8H2,2-3H3. The maximum absolute atomic E-state index is 11.7. The molecule has 19 heavy (non-hydrogen) atoms. The Bertz CT molecular complexity index is 398. The molecule has 2 aliphatic carbocycles. The number of hydrogen-bond donors (Lipinski definition) is 3. The van der Waals surface area contributed by atoms with E-state index in [-0.39, 0.29) is 37.7 Å². The molecule has 0 aliphatic heterocycles. The van der Waals surface area contributed by atoms with Crippen molar-refractivity contribution in [2.24, 2.45) is 0 Å². The SMILES string of the molecule is C=C(C)C(=O)OC1(C)CC2(O)CC(O)CC(O)(C2)C1. The monoisotopic (exact) mass is 270 g/mol. The second kappa shape index (κ2) is 4.30. The maximum atomic E-state index is 11.7. The van der Waals surface area contributed by atoms with Gasteiger partial charge in [-0.05, 0) is 13.8 Å². The summed E-state index contributed by atoms with van der Waals surface area (Å²) in [5.74, 6) is -0.518. The van der Waals surface area contributed by atoms with E-state index in [0.717, 1.165) is 0 Å². The summed E-state index contributed by atoms with van der Waals surface area (Å²) >= 11 is 0. The molecule has 0 saturated heterocycles. The van der Waals surface area contributed by atoms with E-state index in [1.807, 2.05) is 0 Å². The van der Waals surface area contributed by atoms with Gasteiger partial charge in [-0.1, -0.05) is 6.58 Å². The molecule has 5 nitrogen and oxygen atoms in total. The molecule has 2 bridgehead atoms. The quantitative estimate of drug-likeness (QED) is 0.507. The molecule has 2 aliphatic rings. The lowest BCUT2D eigenvalue weighted by atomic mass is 9.60. The van der Waals surface area contributed by atoms with Gasteiger partial charge in [0.1, 0.15) is 5.60 Å². The van der Waals surface area contributed by atoms with Crippen LogP contribution in [-0.2, 0) is 9.53 Å². The lowest BCUT2D eigenvalue weighted by Crippen LogP contribution is -2.61. The van der Waals surface area contributed by atoms with E-state index in [9.17, 15) is 20.1 Å². The van der Waals surface area contributed by atoms with E-state index in [2.05, 4.69) is 6.58 Å². The largest absolute Gasteiger partial charge is 0.456 e. The van der Waals surface area contributed by atoms with Gasteiger partial charge in [-0.3, -0.25) is 0 Å². The van der Waals surface area contributed by atoms with Crippen molar-refractivity contribution in [3.63, 3.8) is 0 Å². The van der Waals surface area contributed by atoms with Gasteiger partial charge in [0, 0.05) is 37.7 Å². The average molecular weight is 270 g/mol. The molecule has 0 amide bonds. The average Bonchev–Trinajstić information content (AvgIpc) is 2.09. The molecule has 2 rings (SSSR count). The highest BCUT2D eigenvalue weighted by Gasteiger charge is 2.57. The van der Waals surface area contributed by atoms with Crippen molar-refractivity contribution in [1.29, 1.82) is 0 Å². The normalized spacial score (nSPS) is 45.6. The molecule has 5 heteroatoms. The highest BCUT2D eigenvalue weighted by molar-refractivity contribution is 5.87. The van der Waals surface area contributed by atoms with E-state index < -0.39 is 28.9 Å². The Kier molecular flexibility index (Phi) is 3.28. The Labute approximate surface area is 112 Å². The lowest BCUT2D eigenvalue weighted by Gasteiger charge is -2.54. The summed E-state index contributed by atoms with van der Waals surface area (Å²) in [6.07, 6.45) is 0.351. The van der Waals surface area contributed by atoms with E-state index in [0.29, 0.717) is 0 Å². The molecule has 0 aromatic rings. The van der Waals surface area contributed by atoms with Crippen LogP contribution in [0.15, 0.2) is 12.2 Å². The first kappa shape index (κ1) is 14.5. The van der Waals surface area contributed by atoms with Gasteiger partial charge in [0.2, 0.25) is 0 Å². The van der Waals surface area contributed by atoms with E-state index in [1.165, 1.54) is 0 Å². The fourth-order valence-corrected chi connectivity index (χ4v) is 3.81. The number of carbonyl (C=O) groups excluding carboxylic acids is 1. The van der Waals surface area contributed by atoms with Crippen LogP contribution in [0.1, 0.15) is 46.0 Å². The maximum Gasteiger partial charge on any atom is 0.333 e. The number of fused-ring (bicyclic) bond motifs is 2. The second-order valence-corrected chi connectivity index (χ2v) is 6.66. The summed E-state index contributed by atoms with van der Waals surface area (Å²) in [6.45, 7) is 6.80. The van der Waals surface area contributed by atoms with Crippen molar-refractivity contribution in [2.75, 3.05) is 0 Å². The molecule has 0 aromatic heterocycles. The first-order valence-electron chi connectivity index (χ1n) is 6.57. The minimum atomic E-state index is -1.19. The number of ether oxygens (including phenoxy) is 1. The van der Waals surface area contributed by atoms with Crippen LogP contribution in [0, 0.1) is 0 Å². The van der Waals surface area contributed by atoms with E-state index in [4.69, 9.17) is 4.74 Å². The zero-order chi connectivity index (χ0) is 14.5. The Morgan fingerprint density at radius 2 is 1.68 bits per heavy atom. The van der Waals surface area contributed by atoms with Crippen molar-refractivity contribution in [3.8, 4) is 0 Å². The molecule has 2 atom stereocenters. The van der Waals surface area contributed by atoms with Crippen LogP contribution in [0.3, 0.4) is 0 Å². The Morgan fingerprint density at radius 3 is 2.11 bits per heavy atom. The van der Waals surface area contributed by atoms with Gasteiger partial charge in [-0.2, -0.15) is 0 Å². The molecule has 2 fully saturated rings. The minimum absolute atomic E-state index is 0.204. The van der Waals surface area contributed by atoms with Crippen LogP contribution in [0.4, 0.5) is 0 Å². The van der Waals surface area contributed by atoms with Crippen molar-refractivity contribution >= 4 is 5.97 Å². The first-order chi connectivity index (χ1) is 8.55. The van der Waals surface area contributed by atoms with Crippen molar-refractivity contribution in [2.45, 2.75) is 68.9 Å².